The number of nitrogens with two attached hydrogens (primary N) is 2. The van der Waals surface area contributed by atoms with E-state index in [0.29, 0.717) is 6.42 Å². The van der Waals surface area contributed by atoms with Crippen LogP contribution in [0.3, 0.4) is 0 Å². The normalized spacial score (nSPS) is 12.3. The molecule has 0 saturated heterocycles. The van der Waals surface area contributed by atoms with Gasteiger partial charge in [-0.1, -0.05) is 54.6 Å². The third kappa shape index (κ3) is 9.46. The number of carbonyl (C=O) groups excluding carboxylic acids is 4. The first kappa shape index (κ1) is 30.2. The number of Topliss-reactive ketones (excluding diaryl/α,β-unsaturated/α-hetero) is 1. The van der Waals surface area contributed by atoms with Crippen molar-refractivity contribution in [1.82, 2.24) is 5.32 Å². The summed E-state index contributed by atoms with van der Waals surface area (Å²) in [4.78, 5) is 60.6. The van der Waals surface area contributed by atoms with Crippen LogP contribution in [0.1, 0.15) is 44.1 Å². The van der Waals surface area contributed by atoms with Gasteiger partial charge in [0, 0.05) is 36.5 Å². The summed E-state index contributed by atoms with van der Waals surface area (Å²) in [5, 5.41) is 13.6. The van der Waals surface area contributed by atoms with E-state index in [2.05, 4.69) is 28.9 Å². The van der Waals surface area contributed by atoms with Crippen LogP contribution in [0.25, 0.3) is 21.6 Å². The molecule has 0 saturated carbocycles. The van der Waals surface area contributed by atoms with E-state index in [1.165, 1.54) is 0 Å². The molecule has 0 unspecified atom stereocenters. The van der Waals surface area contributed by atoms with Gasteiger partial charge in [-0.3, -0.25) is 24.0 Å². The standard InChI is InChI=1S/C30H33N3O6S/c31-27(35)13-12-24(25(34)16-22(30(32)39)11-15-29(37)38)33-28(36)14-8-19-6-9-21(10-7-19)26-17-23(18-40-26)20-4-2-1-3-5-20/h1-7,9-10,17-18,22,24H,8,11-16H2,(H2,31,35)(H2,32,39)(H,33,36)(H,37,38)/t22-,24+/m1/s1. The van der Waals surface area contributed by atoms with E-state index < -0.39 is 35.5 Å². The number of primary amides is 2. The van der Waals surface area contributed by atoms with Gasteiger partial charge < -0.3 is 21.9 Å². The summed E-state index contributed by atoms with van der Waals surface area (Å²) in [6, 6.07) is 19.2. The van der Waals surface area contributed by atoms with Crippen molar-refractivity contribution in [3.05, 3.63) is 71.6 Å². The molecule has 9 nitrogen and oxygen atoms in total. The number of amides is 3. The van der Waals surface area contributed by atoms with Crippen LogP contribution in [0.4, 0.5) is 0 Å². The molecule has 0 fully saturated rings. The van der Waals surface area contributed by atoms with Gasteiger partial charge in [-0.05, 0) is 53.0 Å². The number of aliphatic carboxylic acids is 1. The Kier molecular flexibility index (Phi) is 11.1. The molecular weight excluding hydrogens is 530 g/mol. The topological polar surface area (TPSA) is 170 Å². The number of benzene rings is 2. The first-order valence-electron chi connectivity index (χ1n) is 13.0. The molecule has 0 aliphatic heterocycles. The summed E-state index contributed by atoms with van der Waals surface area (Å²) in [5.41, 5.74) is 14.9. The molecule has 40 heavy (non-hydrogen) atoms. The minimum Gasteiger partial charge on any atom is -0.481 e. The molecule has 1 heterocycles. The summed E-state index contributed by atoms with van der Waals surface area (Å²) in [7, 11) is 0. The second-order valence-electron chi connectivity index (χ2n) is 9.59. The van der Waals surface area contributed by atoms with E-state index in [9.17, 15) is 24.0 Å². The molecule has 0 aliphatic rings. The predicted molar refractivity (Wildman–Crippen MR) is 153 cm³/mol. The zero-order valence-electron chi connectivity index (χ0n) is 22.0. The van der Waals surface area contributed by atoms with Crippen molar-refractivity contribution < 1.29 is 29.1 Å². The van der Waals surface area contributed by atoms with Crippen LogP contribution in [-0.4, -0.2) is 40.6 Å². The van der Waals surface area contributed by atoms with Crippen LogP contribution in [0.15, 0.2) is 66.0 Å². The lowest BCUT2D eigenvalue weighted by Crippen LogP contribution is -2.43. The minimum absolute atomic E-state index is 0.0230. The maximum Gasteiger partial charge on any atom is 0.303 e. The molecule has 2 atom stereocenters. The first-order chi connectivity index (χ1) is 19.1. The van der Waals surface area contributed by atoms with Gasteiger partial charge in [-0.25, -0.2) is 0 Å². The number of carboxylic acids is 1. The van der Waals surface area contributed by atoms with E-state index in [-0.39, 0.29) is 44.4 Å². The van der Waals surface area contributed by atoms with Gasteiger partial charge >= 0.3 is 5.97 Å². The lowest BCUT2D eigenvalue weighted by Gasteiger charge is -2.20. The zero-order chi connectivity index (χ0) is 29.1. The maximum atomic E-state index is 12.9. The predicted octanol–water partition coefficient (Wildman–Crippen LogP) is 3.69. The van der Waals surface area contributed by atoms with Gasteiger partial charge in [0.2, 0.25) is 17.7 Å². The summed E-state index contributed by atoms with van der Waals surface area (Å²) in [5.74, 6) is -4.42. The number of ketones is 1. The summed E-state index contributed by atoms with van der Waals surface area (Å²) < 4.78 is 0. The number of nitrogens with one attached hydrogen (secondary N) is 1. The van der Waals surface area contributed by atoms with Crippen molar-refractivity contribution in [1.29, 1.82) is 0 Å². The number of carbonyl (C=O) groups is 5. The second-order valence-corrected chi connectivity index (χ2v) is 10.5. The second kappa shape index (κ2) is 14.7. The van der Waals surface area contributed by atoms with Crippen molar-refractivity contribution in [2.75, 3.05) is 0 Å². The Morgan fingerprint density at radius 2 is 1.52 bits per heavy atom. The Labute approximate surface area is 236 Å². The highest BCUT2D eigenvalue weighted by Gasteiger charge is 2.27. The van der Waals surface area contributed by atoms with E-state index in [0.717, 1.165) is 27.1 Å². The largest absolute Gasteiger partial charge is 0.481 e. The van der Waals surface area contributed by atoms with Crippen molar-refractivity contribution >= 4 is 40.8 Å². The van der Waals surface area contributed by atoms with Crippen molar-refractivity contribution in [3.63, 3.8) is 0 Å². The molecule has 0 spiro atoms. The first-order valence-corrected chi connectivity index (χ1v) is 13.8. The number of carboxylic acid groups (broad SMARTS) is 1. The number of rotatable bonds is 16. The van der Waals surface area contributed by atoms with E-state index in [1.54, 1.807) is 11.3 Å². The van der Waals surface area contributed by atoms with Crippen LogP contribution in [0.2, 0.25) is 0 Å². The van der Waals surface area contributed by atoms with E-state index >= 15 is 0 Å². The highest BCUT2D eigenvalue weighted by Crippen LogP contribution is 2.32. The summed E-state index contributed by atoms with van der Waals surface area (Å²) in [6.45, 7) is 0. The number of hydrogen-bond acceptors (Lipinski definition) is 6. The fourth-order valence-electron chi connectivity index (χ4n) is 4.26. The third-order valence-corrected chi connectivity index (χ3v) is 7.52. The number of aryl methyl sites for hydroxylation is 1. The van der Waals surface area contributed by atoms with E-state index in [1.807, 2.05) is 42.5 Å². The van der Waals surface area contributed by atoms with Gasteiger partial charge in [0.25, 0.3) is 0 Å². The molecule has 0 bridgehead atoms. The highest BCUT2D eigenvalue weighted by molar-refractivity contribution is 7.14. The quantitative estimate of drug-likeness (QED) is 0.207. The third-order valence-electron chi connectivity index (χ3n) is 6.55. The van der Waals surface area contributed by atoms with Gasteiger partial charge in [0.1, 0.15) is 0 Å². The average molecular weight is 564 g/mol. The molecule has 3 aromatic rings. The number of thiophene rings is 1. The molecule has 210 valence electrons. The van der Waals surface area contributed by atoms with E-state index in [4.69, 9.17) is 16.6 Å². The molecule has 3 amide bonds. The van der Waals surface area contributed by atoms with Crippen LogP contribution >= 0.6 is 11.3 Å². The zero-order valence-corrected chi connectivity index (χ0v) is 22.8. The monoisotopic (exact) mass is 563 g/mol. The van der Waals surface area contributed by atoms with Gasteiger partial charge in [-0.15, -0.1) is 11.3 Å². The Morgan fingerprint density at radius 1 is 0.825 bits per heavy atom. The minimum atomic E-state index is -1.11. The molecule has 10 heteroatoms. The molecule has 1 aromatic heterocycles. The van der Waals surface area contributed by atoms with Gasteiger partial charge in [0.15, 0.2) is 5.78 Å². The Morgan fingerprint density at radius 3 is 2.15 bits per heavy atom. The SMILES string of the molecule is NC(=O)CC[C@H](NC(=O)CCc1ccc(-c2cc(-c3ccccc3)cs2)cc1)C(=O)C[C@@H](CCC(=O)O)C(N)=O. The van der Waals surface area contributed by atoms with Gasteiger partial charge in [-0.2, -0.15) is 0 Å². The molecule has 0 aliphatic carbocycles. The van der Waals surface area contributed by atoms with Crippen LogP contribution < -0.4 is 16.8 Å². The van der Waals surface area contributed by atoms with Crippen LogP contribution in [-0.2, 0) is 30.4 Å². The lowest BCUT2D eigenvalue weighted by atomic mass is 9.92. The average Bonchev–Trinajstić information content (AvgIpc) is 3.43. The Balaban J connectivity index is 1.57. The Bertz CT molecular complexity index is 1340. The van der Waals surface area contributed by atoms with Crippen molar-refractivity contribution in [2.24, 2.45) is 17.4 Å². The number of hydrogen-bond donors (Lipinski definition) is 4. The van der Waals surface area contributed by atoms with Gasteiger partial charge in [0.05, 0.1) is 6.04 Å². The molecule has 6 N–H and O–H groups in total. The molecule has 2 aromatic carbocycles. The lowest BCUT2D eigenvalue weighted by molar-refractivity contribution is -0.138. The fourth-order valence-corrected chi connectivity index (χ4v) is 5.18. The summed E-state index contributed by atoms with van der Waals surface area (Å²) >= 11 is 1.66. The summed E-state index contributed by atoms with van der Waals surface area (Å²) in [6.07, 6.45) is -0.364. The van der Waals surface area contributed by atoms with Crippen molar-refractivity contribution in [3.8, 4) is 21.6 Å². The fraction of sp³-hybridized carbons (Fsp3) is 0.300. The van der Waals surface area contributed by atoms with Crippen LogP contribution in [0, 0.1) is 5.92 Å². The van der Waals surface area contributed by atoms with Crippen LogP contribution in [0.5, 0.6) is 0 Å². The molecular formula is C30H33N3O6S. The Hall–Kier alpha value is -4.31. The molecule has 0 radical (unpaired) electrons. The molecule has 3 rings (SSSR count). The smallest absolute Gasteiger partial charge is 0.303 e. The maximum absolute atomic E-state index is 12.9. The van der Waals surface area contributed by atoms with Crippen molar-refractivity contribution in [2.45, 2.75) is 51.0 Å². The highest BCUT2D eigenvalue weighted by atomic mass is 32.1.